The molecule has 0 bridgehead atoms. The first kappa shape index (κ1) is 28.7. The molecule has 200 valence electrons. The summed E-state index contributed by atoms with van der Waals surface area (Å²) in [7, 11) is 0. The first-order valence-corrected chi connectivity index (χ1v) is 11.9. The van der Waals surface area contributed by atoms with Gasteiger partial charge in [0.15, 0.2) is 0 Å². The number of morpholine rings is 1. The molecule has 2 aromatic carbocycles. The number of benzene rings is 2. The standard InChI is InChI=1S/C22H22Cl2N2O4.C2HF3O2/c23-19-12-17(14-1-3-15(4-2-14)22(28)29)13-20(24)18(19)11-16-5-6-26(21(16)27)25-7-9-30-10-8-25;3-2(4,5)1(6)7/h1-4,12-13,16H,5-11H2,(H,28,29);(H,6,7)/t16-;/m0./s1. The van der Waals surface area contributed by atoms with E-state index >= 15 is 0 Å². The molecule has 8 nitrogen and oxygen atoms in total. The van der Waals surface area contributed by atoms with Crippen molar-refractivity contribution in [1.82, 2.24) is 10.0 Å². The molecule has 0 aliphatic carbocycles. The third-order valence-electron chi connectivity index (χ3n) is 5.92. The van der Waals surface area contributed by atoms with Gasteiger partial charge in [0.1, 0.15) is 0 Å². The van der Waals surface area contributed by atoms with Gasteiger partial charge in [-0.1, -0.05) is 35.3 Å². The number of carbonyl (C=O) groups is 3. The Kier molecular flexibility index (Phi) is 9.41. The molecule has 0 spiro atoms. The van der Waals surface area contributed by atoms with E-state index in [9.17, 15) is 22.8 Å². The van der Waals surface area contributed by atoms with Gasteiger partial charge in [-0.05, 0) is 53.8 Å². The average Bonchev–Trinajstić information content (AvgIpc) is 3.21. The van der Waals surface area contributed by atoms with Gasteiger partial charge in [-0.25, -0.2) is 14.6 Å². The highest BCUT2D eigenvalue weighted by molar-refractivity contribution is 6.36. The maximum Gasteiger partial charge on any atom is 0.490 e. The highest BCUT2D eigenvalue weighted by atomic mass is 35.5. The first-order chi connectivity index (χ1) is 17.4. The van der Waals surface area contributed by atoms with E-state index in [1.165, 1.54) is 0 Å². The second kappa shape index (κ2) is 12.1. The van der Waals surface area contributed by atoms with Crippen LogP contribution in [0.5, 0.6) is 0 Å². The molecule has 2 aliphatic rings. The topological polar surface area (TPSA) is 107 Å². The van der Waals surface area contributed by atoms with Gasteiger partial charge in [0, 0.05) is 35.6 Å². The summed E-state index contributed by atoms with van der Waals surface area (Å²) in [5.74, 6) is -3.77. The van der Waals surface area contributed by atoms with Crippen molar-refractivity contribution < 1.29 is 42.5 Å². The van der Waals surface area contributed by atoms with Crippen LogP contribution in [0.15, 0.2) is 36.4 Å². The summed E-state index contributed by atoms with van der Waals surface area (Å²) >= 11 is 13.1. The number of aromatic carboxylic acids is 1. The van der Waals surface area contributed by atoms with Gasteiger partial charge in [-0.3, -0.25) is 9.80 Å². The zero-order valence-electron chi connectivity index (χ0n) is 19.3. The third kappa shape index (κ3) is 7.35. The van der Waals surface area contributed by atoms with Gasteiger partial charge in [-0.15, -0.1) is 0 Å². The molecule has 0 saturated carbocycles. The minimum absolute atomic E-state index is 0.109. The molecule has 1 atom stereocenters. The molecule has 0 unspecified atom stereocenters. The molecule has 0 aromatic heterocycles. The molecule has 2 fully saturated rings. The SMILES string of the molecule is O=C(O)C(F)(F)F.O=C(O)c1ccc(-c2cc(Cl)c(C[C@@H]3CCN(N4CCOCC4)C3=O)c(Cl)c2)cc1. The molecule has 2 aromatic rings. The first-order valence-electron chi connectivity index (χ1n) is 11.1. The number of halogens is 5. The fourth-order valence-electron chi connectivity index (χ4n) is 4.00. The Hall–Kier alpha value is -2.86. The van der Waals surface area contributed by atoms with E-state index in [1.54, 1.807) is 24.3 Å². The van der Waals surface area contributed by atoms with Gasteiger partial charge in [0.05, 0.1) is 18.8 Å². The van der Waals surface area contributed by atoms with Gasteiger partial charge < -0.3 is 14.9 Å². The van der Waals surface area contributed by atoms with Gasteiger partial charge in [-0.2, -0.15) is 13.2 Å². The second-order valence-electron chi connectivity index (χ2n) is 8.32. The molecule has 2 heterocycles. The van der Waals surface area contributed by atoms with Gasteiger partial charge in [0.25, 0.3) is 0 Å². The van der Waals surface area contributed by atoms with Crippen LogP contribution in [0, 0.1) is 5.92 Å². The van der Waals surface area contributed by atoms with E-state index in [2.05, 4.69) is 5.01 Å². The minimum Gasteiger partial charge on any atom is -0.478 e. The van der Waals surface area contributed by atoms with Crippen LogP contribution in [0.1, 0.15) is 22.3 Å². The monoisotopic (exact) mass is 562 g/mol. The fourth-order valence-corrected chi connectivity index (χ4v) is 4.65. The number of hydrogen-bond donors (Lipinski definition) is 2. The molecule has 13 heteroatoms. The number of alkyl halides is 3. The van der Waals surface area contributed by atoms with Crippen LogP contribution in [0.25, 0.3) is 11.1 Å². The lowest BCUT2D eigenvalue weighted by Gasteiger charge is -2.34. The van der Waals surface area contributed by atoms with Crippen LogP contribution in [0.3, 0.4) is 0 Å². The smallest absolute Gasteiger partial charge is 0.478 e. The highest BCUT2D eigenvalue weighted by Crippen LogP contribution is 2.35. The summed E-state index contributed by atoms with van der Waals surface area (Å²) in [6.45, 7) is 3.44. The summed E-state index contributed by atoms with van der Waals surface area (Å²) in [5, 5.41) is 21.1. The lowest BCUT2D eigenvalue weighted by molar-refractivity contribution is -0.192. The minimum atomic E-state index is -5.08. The van der Waals surface area contributed by atoms with E-state index < -0.39 is 18.1 Å². The maximum atomic E-state index is 12.9. The number of hydrogen-bond acceptors (Lipinski definition) is 5. The Bertz CT molecular complexity index is 1130. The van der Waals surface area contributed by atoms with E-state index in [1.807, 2.05) is 17.1 Å². The predicted molar refractivity (Wildman–Crippen MR) is 128 cm³/mol. The number of ether oxygens (including phenoxy) is 1. The Labute approximate surface area is 220 Å². The summed E-state index contributed by atoms with van der Waals surface area (Å²) in [4.78, 5) is 32.8. The number of rotatable bonds is 5. The maximum absolute atomic E-state index is 12.9. The molecular weight excluding hydrogens is 540 g/mol. The summed E-state index contributed by atoms with van der Waals surface area (Å²) in [5.41, 5.74) is 2.62. The van der Waals surface area contributed by atoms with Crippen molar-refractivity contribution in [3.05, 3.63) is 57.6 Å². The summed E-state index contributed by atoms with van der Waals surface area (Å²) in [6.07, 6.45) is -3.82. The molecular formula is C24H23Cl2F3N2O6. The Morgan fingerprint density at radius 3 is 2.00 bits per heavy atom. The molecule has 2 N–H and O–H groups in total. The molecule has 2 saturated heterocycles. The number of carboxylic acid groups (broad SMARTS) is 2. The van der Waals surface area contributed by atoms with Crippen LogP contribution >= 0.6 is 23.2 Å². The zero-order chi connectivity index (χ0) is 27.3. The van der Waals surface area contributed by atoms with Crippen LogP contribution in [0.4, 0.5) is 13.2 Å². The molecule has 4 rings (SSSR count). The average molecular weight is 563 g/mol. The lowest BCUT2D eigenvalue weighted by atomic mass is 9.95. The van der Waals surface area contributed by atoms with Crippen molar-refractivity contribution in [3.63, 3.8) is 0 Å². The van der Waals surface area contributed by atoms with E-state index in [-0.39, 0.29) is 17.4 Å². The number of aliphatic carboxylic acids is 1. The van der Waals surface area contributed by atoms with Crippen molar-refractivity contribution in [1.29, 1.82) is 0 Å². The zero-order valence-corrected chi connectivity index (χ0v) is 20.8. The Morgan fingerprint density at radius 2 is 1.51 bits per heavy atom. The largest absolute Gasteiger partial charge is 0.490 e. The number of amides is 1. The quantitative estimate of drug-likeness (QED) is 0.547. The number of hydrazine groups is 1. The van der Waals surface area contributed by atoms with Crippen molar-refractivity contribution in [2.75, 3.05) is 32.8 Å². The second-order valence-corrected chi connectivity index (χ2v) is 9.14. The molecule has 1 amide bonds. The number of carbonyl (C=O) groups excluding carboxylic acids is 1. The van der Waals surface area contributed by atoms with Crippen molar-refractivity contribution in [3.8, 4) is 11.1 Å². The fraction of sp³-hybridized carbons (Fsp3) is 0.375. The van der Waals surface area contributed by atoms with Gasteiger partial charge in [0.2, 0.25) is 5.91 Å². The predicted octanol–water partition coefficient (Wildman–Crippen LogP) is 4.63. The number of carboxylic acids is 2. The highest BCUT2D eigenvalue weighted by Gasteiger charge is 2.38. The summed E-state index contributed by atoms with van der Waals surface area (Å²) < 4.78 is 37.1. The Balaban J connectivity index is 0.000000479. The summed E-state index contributed by atoms with van der Waals surface area (Å²) in [6, 6.07) is 10.2. The molecule has 0 radical (unpaired) electrons. The van der Waals surface area contributed by atoms with Crippen LogP contribution in [-0.4, -0.2) is 77.1 Å². The van der Waals surface area contributed by atoms with Crippen LogP contribution in [0.2, 0.25) is 10.0 Å². The van der Waals surface area contributed by atoms with E-state index in [0.717, 1.165) is 36.2 Å². The molecule has 2 aliphatic heterocycles. The van der Waals surface area contributed by atoms with Crippen molar-refractivity contribution in [2.45, 2.75) is 19.0 Å². The van der Waals surface area contributed by atoms with Crippen LogP contribution < -0.4 is 0 Å². The van der Waals surface area contributed by atoms with Crippen LogP contribution in [-0.2, 0) is 20.7 Å². The Morgan fingerprint density at radius 1 is 0.973 bits per heavy atom. The normalized spacial score (nSPS) is 18.4. The van der Waals surface area contributed by atoms with E-state index in [0.29, 0.717) is 36.2 Å². The molecule has 37 heavy (non-hydrogen) atoms. The van der Waals surface area contributed by atoms with Crippen molar-refractivity contribution >= 4 is 41.0 Å². The van der Waals surface area contributed by atoms with Gasteiger partial charge >= 0.3 is 18.1 Å². The lowest BCUT2D eigenvalue weighted by Crippen LogP contribution is -2.49. The number of nitrogens with zero attached hydrogens (tertiary/aromatic N) is 2. The third-order valence-corrected chi connectivity index (χ3v) is 6.60. The van der Waals surface area contributed by atoms with E-state index in [4.69, 9.17) is 42.9 Å². The van der Waals surface area contributed by atoms with Crippen molar-refractivity contribution in [2.24, 2.45) is 5.92 Å².